The molecule has 0 aromatic carbocycles. The fourth-order valence-corrected chi connectivity index (χ4v) is 5.45. The zero-order chi connectivity index (χ0) is 31.1. The molecule has 0 aliphatic carbocycles. The van der Waals surface area contributed by atoms with Crippen LogP contribution < -0.4 is 11.1 Å². The van der Waals surface area contributed by atoms with Gasteiger partial charge in [0.25, 0.3) is 0 Å². The molecular formula is C35H68N2O5. The number of nitrogens with one attached hydrogen (secondary N) is 1. The quantitative estimate of drug-likeness (QED) is 0.0527. The Morgan fingerprint density at radius 1 is 0.595 bits per heavy atom. The van der Waals surface area contributed by atoms with Crippen LogP contribution in [0.25, 0.3) is 0 Å². The second kappa shape index (κ2) is 30.8. The van der Waals surface area contributed by atoms with Crippen LogP contribution in [0.5, 0.6) is 0 Å². The number of rotatable bonds is 32. The largest absolute Gasteiger partial charge is 0.480 e. The Labute approximate surface area is 258 Å². The molecule has 0 bridgehead atoms. The molecular weight excluding hydrogens is 528 g/mol. The van der Waals surface area contributed by atoms with Crippen LogP contribution in [0.2, 0.25) is 0 Å². The maximum Gasteiger partial charge on any atom is 0.326 e. The second-order valence-electron chi connectivity index (χ2n) is 12.3. The zero-order valence-electron chi connectivity index (χ0n) is 27.6. The van der Waals surface area contributed by atoms with Crippen LogP contribution in [0.3, 0.4) is 0 Å². The minimum absolute atomic E-state index is 0.0250. The van der Waals surface area contributed by atoms with Crippen LogP contribution in [0, 0.1) is 0 Å². The molecule has 0 aliphatic rings. The van der Waals surface area contributed by atoms with Crippen molar-refractivity contribution in [3.05, 3.63) is 0 Å². The van der Waals surface area contributed by atoms with Gasteiger partial charge < -0.3 is 20.9 Å². The van der Waals surface area contributed by atoms with Crippen LogP contribution in [-0.2, 0) is 19.1 Å². The maximum atomic E-state index is 12.6. The minimum Gasteiger partial charge on any atom is -0.480 e. The van der Waals surface area contributed by atoms with Gasteiger partial charge >= 0.3 is 11.9 Å². The monoisotopic (exact) mass is 597 g/mol. The van der Waals surface area contributed by atoms with Crippen molar-refractivity contribution < 1.29 is 24.2 Å². The highest BCUT2D eigenvalue weighted by Gasteiger charge is 2.19. The van der Waals surface area contributed by atoms with Crippen molar-refractivity contribution in [2.75, 3.05) is 6.54 Å². The van der Waals surface area contributed by atoms with E-state index in [1.54, 1.807) is 0 Å². The van der Waals surface area contributed by atoms with Crippen molar-refractivity contribution in [2.24, 2.45) is 5.73 Å². The molecule has 2 unspecified atom stereocenters. The molecule has 0 saturated heterocycles. The molecule has 7 heteroatoms. The van der Waals surface area contributed by atoms with E-state index in [4.69, 9.17) is 10.5 Å². The minimum atomic E-state index is -1.00. The number of carboxylic acid groups (broad SMARTS) is 1. The third-order valence-electron chi connectivity index (χ3n) is 8.17. The normalized spacial score (nSPS) is 12.6. The summed E-state index contributed by atoms with van der Waals surface area (Å²) in [4.78, 5) is 36.0. The molecule has 0 heterocycles. The van der Waals surface area contributed by atoms with Crippen molar-refractivity contribution in [3.8, 4) is 0 Å². The zero-order valence-corrected chi connectivity index (χ0v) is 27.6. The third-order valence-corrected chi connectivity index (χ3v) is 8.17. The van der Waals surface area contributed by atoms with Gasteiger partial charge in [-0.3, -0.25) is 9.59 Å². The molecule has 0 aromatic heterocycles. The summed E-state index contributed by atoms with van der Waals surface area (Å²) in [6.45, 7) is 4.91. The number of carboxylic acids is 1. The molecule has 0 aliphatic heterocycles. The Hall–Kier alpha value is -1.63. The number of carbonyl (C=O) groups is 3. The summed E-state index contributed by atoms with van der Waals surface area (Å²) in [5, 5.41) is 11.9. The average molecular weight is 597 g/mol. The molecule has 0 rings (SSSR count). The van der Waals surface area contributed by atoms with Crippen molar-refractivity contribution in [1.29, 1.82) is 0 Å². The van der Waals surface area contributed by atoms with Crippen molar-refractivity contribution >= 4 is 17.8 Å². The van der Waals surface area contributed by atoms with E-state index in [2.05, 4.69) is 19.2 Å². The smallest absolute Gasteiger partial charge is 0.326 e. The van der Waals surface area contributed by atoms with Gasteiger partial charge in [0.1, 0.15) is 12.1 Å². The van der Waals surface area contributed by atoms with Crippen molar-refractivity contribution in [2.45, 2.75) is 199 Å². The van der Waals surface area contributed by atoms with E-state index in [9.17, 15) is 19.5 Å². The average Bonchev–Trinajstić information content (AvgIpc) is 2.97. The van der Waals surface area contributed by atoms with Gasteiger partial charge in [0.2, 0.25) is 5.91 Å². The van der Waals surface area contributed by atoms with E-state index in [0.717, 1.165) is 64.2 Å². The molecule has 0 spiro atoms. The highest BCUT2D eigenvalue weighted by molar-refractivity contribution is 5.83. The number of amides is 1. The molecule has 1 amide bonds. The summed E-state index contributed by atoms with van der Waals surface area (Å²) in [6, 6.07) is -0.850. The lowest BCUT2D eigenvalue weighted by atomic mass is 10.0. The highest BCUT2D eigenvalue weighted by atomic mass is 16.5. The fourth-order valence-electron chi connectivity index (χ4n) is 5.45. The summed E-state index contributed by atoms with van der Waals surface area (Å²) < 4.78 is 5.96. The first kappa shape index (κ1) is 40.4. The number of nitrogens with two attached hydrogens (primary N) is 1. The van der Waals surface area contributed by atoms with Gasteiger partial charge in [-0.25, -0.2) is 4.79 Å². The van der Waals surface area contributed by atoms with Crippen LogP contribution in [0.15, 0.2) is 0 Å². The van der Waals surface area contributed by atoms with Gasteiger partial charge in [-0.05, 0) is 57.9 Å². The van der Waals surface area contributed by atoms with E-state index in [0.29, 0.717) is 32.2 Å². The lowest BCUT2D eigenvalue weighted by molar-refractivity contribution is -0.150. The molecule has 248 valence electrons. The number of aliphatic carboxylic acids is 1. The predicted molar refractivity (Wildman–Crippen MR) is 175 cm³/mol. The first-order valence-electron chi connectivity index (χ1n) is 17.9. The van der Waals surface area contributed by atoms with E-state index < -0.39 is 12.0 Å². The lowest BCUT2D eigenvalue weighted by Crippen LogP contribution is -2.40. The SMILES string of the molecule is CCCCCCCCCCCC(=O)OC(CCCCCCCCC)CCCCCCCC(=O)NC(CCCN)C(=O)O. The van der Waals surface area contributed by atoms with Gasteiger partial charge in [-0.1, -0.05) is 123 Å². The fraction of sp³-hybridized carbons (Fsp3) is 0.914. The van der Waals surface area contributed by atoms with Gasteiger partial charge in [0.15, 0.2) is 0 Å². The second-order valence-corrected chi connectivity index (χ2v) is 12.3. The van der Waals surface area contributed by atoms with Gasteiger partial charge in [0.05, 0.1) is 0 Å². The highest BCUT2D eigenvalue weighted by Crippen LogP contribution is 2.18. The Bertz CT molecular complexity index is 643. The first-order valence-corrected chi connectivity index (χ1v) is 17.9. The number of unbranched alkanes of at least 4 members (excludes halogenated alkanes) is 18. The first-order chi connectivity index (χ1) is 20.4. The predicted octanol–water partition coefficient (Wildman–Crippen LogP) is 9.00. The molecule has 0 fully saturated rings. The third kappa shape index (κ3) is 27.2. The molecule has 2 atom stereocenters. The van der Waals surface area contributed by atoms with Crippen LogP contribution >= 0.6 is 0 Å². The summed E-state index contributed by atoms with van der Waals surface area (Å²) in [6.07, 6.45) is 28.6. The standard InChI is InChI=1S/C35H68N2O5/c1-3-5-7-9-11-12-14-19-23-29-34(39)42-31(25-20-16-13-10-8-6-4-2)26-21-17-15-18-22-28-33(38)37-32(35(40)41)27-24-30-36/h31-32H,3-30,36H2,1-2H3,(H,37,38)(H,40,41). The Kier molecular flexibility index (Phi) is 29.6. The molecule has 42 heavy (non-hydrogen) atoms. The molecule has 7 nitrogen and oxygen atoms in total. The van der Waals surface area contributed by atoms with Gasteiger partial charge in [0, 0.05) is 12.8 Å². The number of ether oxygens (including phenoxy) is 1. The lowest BCUT2D eigenvalue weighted by Gasteiger charge is -2.18. The van der Waals surface area contributed by atoms with E-state index in [1.165, 1.54) is 83.5 Å². The van der Waals surface area contributed by atoms with Gasteiger partial charge in [-0.15, -0.1) is 0 Å². The summed E-state index contributed by atoms with van der Waals surface area (Å²) >= 11 is 0. The molecule has 4 N–H and O–H groups in total. The number of hydrogen-bond acceptors (Lipinski definition) is 5. The van der Waals surface area contributed by atoms with E-state index in [-0.39, 0.29) is 18.0 Å². The number of hydrogen-bond donors (Lipinski definition) is 3. The van der Waals surface area contributed by atoms with Crippen LogP contribution in [0.1, 0.15) is 187 Å². The number of carbonyl (C=O) groups excluding carboxylic acids is 2. The number of esters is 1. The Balaban J connectivity index is 4.23. The van der Waals surface area contributed by atoms with Crippen molar-refractivity contribution in [3.63, 3.8) is 0 Å². The topological polar surface area (TPSA) is 119 Å². The summed E-state index contributed by atoms with van der Waals surface area (Å²) in [5.41, 5.74) is 5.46. The Morgan fingerprint density at radius 2 is 1.02 bits per heavy atom. The molecule has 0 aromatic rings. The van der Waals surface area contributed by atoms with Gasteiger partial charge in [-0.2, -0.15) is 0 Å². The van der Waals surface area contributed by atoms with Crippen LogP contribution in [-0.4, -0.2) is 41.6 Å². The summed E-state index contributed by atoms with van der Waals surface area (Å²) in [5.74, 6) is -1.23. The summed E-state index contributed by atoms with van der Waals surface area (Å²) in [7, 11) is 0. The van der Waals surface area contributed by atoms with E-state index >= 15 is 0 Å². The van der Waals surface area contributed by atoms with Crippen molar-refractivity contribution in [1.82, 2.24) is 5.32 Å². The van der Waals surface area contributed by atoms with E-state index in [1.807, 2.05) is 0 Å². The molecule has 0 saturated carbocycles. The molecule has 0 radical (unpaired) electrons. The maximum absolute atomic E-state index is 12.6. The van der Waals surface area contributed by atoms with Crippen LogP contribution in [0.4, 0.5) is 0 Å². The Morgan fingerprint density at radius 3 is 1.48 bits per heavy atom.